The van der Waals surface area contributed by atoms with E-state index in [1.807, 2.05) is 30.3 Å². The normalized spacial score (nSPS) is 9.57. The molecule has 0 heterocycles. The van der Waals surface area contributed by atoms with Gasteiger partial charge in [-0.2, -0.15) is 10.5 Å². The third-order valence-corrected chi connectivity index (χ3v) is 3.89. The van der Waals surface area contributed by atoms with Crippen LogP contribution in [0.5, 0.6) is 11.5 Å². The van der Waals surface area contributed by atoms with Gasteiger partial charge in [-0.3, -0.25) is 0 Å². The van der Waals surface area contributed by atoms with Crippen molar-refractivity contribution in [1.29, 1.82) is 10.5 Å². The fourth-order valence-electron chi connectivity index (χ4n) is 1.97. The van der Waals surface area contributed by atoms with Crippen molar-refractivity contribution in [1.82, 2.24) is 0 Å². The molecule has 0 atom stereocenters. The topological polar surface area (TPSA) is 78.1 Å². The monoisotopic (exact) mass is 325 g/mol. The zero-order chi connectivity index (χ0) is 16.7. The lowest BCUT2D eigenvalue weighted by Crippen LogP contribution is -1.93. The third kappa shape index (κ3) is 4.57. The molecule has 0 spiro atoms. The Morgan fingerprint density at radius 3 is 1.96 bits per heavy atom. The van der Waals surface area contributed by atoms with Gasteiger partial charge in [0, 0.05) is 17.5 Å². The van der Waals surface area contributed by atoms with Gasteiger partial charge in [-0.05, 0) is 47.8 Å². The van der Waals surface area contributed by atoms with Crippen molar-refractivity contribution in [3.8, 4) is 23.6 Å². The van der Waals surface area contributed by atoms with Crippen molar-refractivity contribution in [3.05, 3.63) is 53.1 Å². The fraction of sp³-hybridized carbons (Fsp3) is 0.176. The molecule has 5 nitrogen and oxygen atoms in total. The first-order valence-electron chi connectivity index (χ1n) is 6.73. The highest BCUT2D eigenvalue weighted by Gasteiger charge is 2.04. The van der Waals surface area contributed by atoms with Crippen LogP contribution in [0.2, 0.25) is 0 Å². The summed E-state index contributed by atoms with van der Waals surface area (Å²) in [6.07, 6.45) is 0. The van der Waals surface area contributed by atoms with E-state index >= 15 is 0 Å². The lowest BCUT2D eigenvalue weighted by molar-refractivity contribution is 0.393. The number of hydrogen-bond acceptors (Lipinski definition) is 6. The van der Waals surface area contributed by atoms with Gasteiger partial charge < -0.3 is 14.2 Å². The molecule has 0 bridgehead atoms. The van der Waals surface area contributed by atoms with E-state index in [0.29, 0.717) is 16.9 Å². The Morgan fingerprint density at radius 1 is 0.913 bits per heavy atom. The van der Waals surface area contributed by atoms with Crippen LogP contribution in [0.25, 0.3) is 0 Å². The second-order valence-corrected chi connectivity index (χ2v) is 5.42. The number of benzene rings is 2. The fourth-order valence-corrected chi connectivity index (χ4v) is 2.66. The Morgan fingerprint density at radius 2 is 1.48 bits per heavy atom. The van der Waals surface area contributed by atoms with Crippen LogP contribution < -0.4 is 14.2 Å². The maximum Gasteiger partial charge on any atom is 0.122 e. The number of nitrogens with one attached hydrogen (secondary N) is 1. The van der Waals surface area contributed by atoms with E-state index in [1.165, 1.54) is 11.9 Å². The van der Waals surface area contributed by atoms with Crippen molar-refractivity contribution < 1.29 is 9.47 Å². The molecule has 0 saturated carbocycles. The Hall–Kier alpha value is -2.83. The molecule has 0 radical (unpaired) electrons. The first-order chi connectivity index (χ1) is 11.2. The SMILES string of the molecule is COc1cc(CSNc2cc(C#N)cc(C#N)c2)cc(OC)c1. The van der Waals surface area contributed by atoms with Gasteiger partial charge >= 0.3 is 0 Å². The van der Waals surface area contributed by atoms with Gasteiger partial charge in [-0.25, -0.2) is 0 Å². The number of methoxy groups -OCH3 is 2. The van der Waals surface area contributed by atoms with E-state index in [-0.39, 0.29) is 0 Å². The molecular formula is C17H15N3O2S. The molecule has 23 heavy (non-hydrogen) atoms. The van der Waals surface area contributed by atoms with E-state index < -0.39 is 0 Å². The zero-order valence-corrected chi connectivity index (χ0v) is 13.6. The number of hydrogen-bond donors (Lipinski definition) is 1. The van der Waals surface area contributed by atoms with Crippen LogP contribution in [0.4, 0.5) is 5.69 Å². The van der Waals surface area contributed by atoms with Crippen molar-refractivity contribution in [3.63, 3.8) is 0 Å². The highest BCUT2D eigenvalue weighted by atomic mass is 32.2. The molecule has 2 aromatic rings. The van der Waals surface area contributed by atoms with E-state index in [0.717, 1.165) is 22.7 Å². The Kier molecular flexibility index (Phi) is 5.74. The molecule has 0 saturated heterocycles. The summed E-state index contributed by atoms with van der Waals surface area (Å²) in [4.78, 5) is 0. The van der Waals surface area contributed by atoms with Crippen LogP contribution in [-0.2, 0) is 5.75 Å². The van der Waals surface area contributed by atoms with Crippen LogP contribution in [0.3, 0.4) is 0 Å². The molecule has 0 unspecified atom stereocenters. The average Bonchev–Trinajstić information content (AvgIpc) is 2.60. The van der Waals surface area contributed by atoms with Gasteiger partial charge in [0.15, 0.2) is 0 Å². The van der Waals surface area contributed by atoms with Crippen LogP contribution in [0, 0.1) is 22.7 Å². The Bertz CT molecular complexity index is 724. The maximum atomic E-state index is 8.98. The summed E-state index contributed by atoms with van der Waals surface area (Å²) in [5.74, 6) is 2.14. The molecule has 6 heteroatoms. The van der Waals surface area contributed by atoms with E-state index in [9.17, 15) is 0 Å². The molecule has 2 aromatic carbocycles. The van der Waals surface area contributed by atoms with Crippen molar-refractivity contribution in [2.45, 2.75) is 5.75 Å². The summed E-state index contributed by atoms with van der Waals surface area (Å²) in [6.45, 7) is 0. The zero-order valence-electron chi connectivity index (χ0n) is 12.8. The summed E-state index contributed by atoms with van der Waals surface area (Å²) in [7, 11) is 3.22. The lowest BCUT2D eigenvalue weighted by atomic mass is 10.1. The summed E-state index contributed by atoms with van der Waals surface area (Å²) >= 11 is 1.46. The first kappa shape index (κ1) is 16.5. The largest absolute Gasteiger partial charge is 0.497 e. The Labute approximate surface area is 139 Å². The number of nitrogens with zero attached hydrogens (tertiary/aromatic N) is 2. The minimum Gasteiger partial charge on any atom is -0.497 e. The number of anilines is 1. The van der Waals surface area contributed by atoms with E-state index in [1.54, 1.807) is 32.4 Å². The summed E-state index contributed by atoms with van der Waals surface area (Å²) in [6, 6.07) is 14.8. The quantitative estimate of drug-likeness (QED) is 0.816. The third-order valence-electron chi connectivity index (χ3n) is 3.03. The van der Waals surface area contributed by atoms with Crippen LogP contribution in [-0.4, -0.2) is 14.2 Å². The number of rotatable bonds is 6. The lowest BCUT2D eigenvalue weighted by Gasteiger charge is -2.09. The van der Waals surface area contributed by atoms with Gasteiger partial charge in [-0.15, -0.1) is 0 Å². The van der Waals surface area contributed by atoms with Gasteiger partial charge in [-0.1, -0.05) is 0 Å². The summed E-state index contributed by atoms with van der Waals surface area (Å²) in [5, 5.41) is 18.0. The second kappa shape index (κ2) is 7.98. The molecular weight excluding hydrogens is 310 g/mol. The van der Waals surface area contributed by atoms with E-state index in [2.05, 4.69) is 4.72 Å². The first-order valence-corrected chi connectivity index (χ1v) is 7.72. The standard InChI is InChI=1S/C17H15N3O2S/c1-21-16-6-14(7-17(8-16)22-2)11-23-20-15-4-12(9-18)3-13(5-15)10-19/h3-8,20H,11H2,1-2H3. The van der Waals surface area contributed by atoms with Crippen LogP contribution in [0.1, 0.15) is 16.7 Å². The second-order valence-electron chi connectivity index (χ2n) is 4.63. The molecule has 0 aromatic heterocycles. The van der Waals surface area contributed by atoms with Crippen molar-refractivity contribution in [2.24, 2.45) is 0 Å². The molecule has 0 aliphatic rings. The summed E-state index contributed by atoms with van der Waals surface area (Å²) < 4.78 is 13.6. The number of ether oxygens (including phenoxy) is 2. The smallest absolute Gasteiger partial charge is 0.122 e. The van der Waals surface area contributed by atoms with Gasteiger partial charge in [0.1, 0.15) is 11.5 Å². The molecule has 0 amide bonds. The minimum absolute atomic E-state index is 0.454. The maximum absolute atomic E-state index is 8.98. The Balaban J connectivity index is 2.06. The van der Waals surface area contributed by atoms with Gasteiger partial charge in [0.2, 0.25) is 0 Å². The molecule has 0 aliphatic carbocycles. The molecule has 116 valence electrons. The highest BCUT2D eigenvalue weighted by molar-refractivity contribution is 7.99. The van der Waals surface area contributed by atoms with Crippen LogP contribution >= 0.6 is 11.9 Å². The predicted octanol–water partition coefficient (Wildman–Crippen LogP) is 3.71. The number of nitriles is 2. The van der Waals surface area contributed by atoms with Crippen molar-refractivity contribution >= 4 is 17.6 Å². The summed E-state index contributed by atoms with van der Waals surface area (Å²) in [5.41, 5.74) is 2.67. The molecule has 1 N–H and O–H groups in total. The highest BCUT2D eigenvalue weighted by Crippen LogP contribution is 2.26. The molecule has 0 fully saturated rings. The molecule has 2 rings (SSSR count). The van der Waals surface area contributed by atoms with Gasteiger partial charge in [0.05, 0.1) is 37.5 Å². The van der Waals surface area contributed by atoms with Crippen molar-refractivity contribution in [2.75, 3.05) is 18.9 Å². The molecule has 0 aliphatic heterocycles. The predicted molar refractivity (Wildman–Crippen MR) is 90.3 cm³/mol. The minimum atomic E-state index is 0.454. The van der Waals surface area contributed by atoms with E-state index in [4.69, 9.17) is 20.0 Å². The van der Waals surface area contributed by atoms with Crippen LogP contribution in [0.15, 0.2) is 36.4 Å². The average molecular weight is 325 g/mol. The van der Waals surface area contributed by atoms with Gasteiger partial charge in [0.25, 0.3) is 0 Å².